The Balaban J connectivity index is 1.76. The molecule has 0 aromatic heterocycles. The molecule has 2 aliphatic rings. The van der Waals surface area contributed by atoms with Gasteiger partial charge in [-0.05, 0) is 32.6 Å². The Morgan fingerprint density at radius 3 is 2.53 bits per heavy atom. The molecule has 0 bridgehead atoms. The molecule has 1 saturated heterocycles. The van der Waals surface area contributed by atoms with Crippen molar-refractivity contribution in [3.05, 3.63) is 0 Å². The minimum atomic E-state index is -1.03. The highest BCUT2D eigenvalue weighted by Crippen LogP contribution is 2.35. The molecule has 0 spiro atoms. The lowest BCUT2D eigenvalue weighted by Crippen LogP contribution is -2.51. The topological polar surface area (TPSA) is 87.7 Å². The number of carbonyl (C=O) groups excluding carboxylic acids is 1. The first-order valence-electron chi connectivity index (χ1n) is 5.89. The van der Waals surface area contributed by atoms with Crippen molar-refractivity contribution in [1.82, 2.24) is 10.6 Å². The van der Waals surface area contributed by atoms with Crippen LogP contribution in [0.25, 0.3) is 0 Å². The van der Waals surface area contributed by atoms with Gasteiger partial charge in [-0.1, -0.05) is 0 Å². The summed E-state index contributed by atoms with van der Waals surface area (Å²) in [6.07, 6.45) is 2.92. The average Bonchev–Trinajstić information content (AvgIpc) is 2.92. The van der Waals surface area contributed by atoms with Crippen molar-refractivity contribution in [2.24, 2.45) is 0 Å². The van der Waals surface area contributed by atoms with E-state index < -0.39 is 17.5 Å². The molecule has 0 aromatic carbocycles. The molecule has 2 rings (SSSR count). The Bertz CT molecular complexity index is 332. The van der Waals surface area contributed by atoms with Crippen molar-refractivity contribution in [1.29, 1.82) is 0 Å². The molecule has 1 heterocycles. The minimum absolute atomic E-state index is 0.308. The van der Waals surface area contributed by atoms with Gasteiger partial charge in [-0.3, -0.25) is 0 Å². The Hall–Kier alpha value is -1.30. The second kappa shape index (κ2) is 4.18. The van der Waals surface area contributed by atoms with Crippen molar-refractivity contribution in [3.63, 3.8) is 0 Å². The van der Waals surface area contributed by atoms with Crippen molar-refractivity contribution < 1.29 is 19.4 Å². The van der Waals surface area contributed by atoms with E-state index in [1.807, 2.05) is 6.92 Å². The van der Waals surface area contributed by atoms with Crippen LogP contribution in [0.2, 0.25) is 0 Å². The molecule has 6 nitrogen and oxygen atoms in total. The van der Waals surface area contributed by atoms with Crippen LogP contribution in [-0.2, 0) is 9.53 Å². The fourth-order valence-corrected chi connectivity index (χ4v) is 2.02. The molecular formula is C11H18N2O4. The highest BCUT2D eigenvalue weighted by atomic mass is 16.5. The number of ether oxygens (including phenoxy) is 1. The van der Waals surface area contributed by atoms with Gasteiger partial charge in [0.1, 0.15) is 5.54 Å². The largest absolute Gasteiger partial charge is 0.480 e. The second-order valence-corrected chi connectivity index (χ2v) is 5.10. The highest BCUT2D eigenvalue weighted by Gasteiger charge is 2.51. The van der Waals surface area contributed by atoms with Crippen LogP contribution in [0.3, 0.4) is 0 Å². The van der Waals surface area contributed by atoms with Gasteiger partial charge in [0.05, 0.1) is 5.60 Å². The minimum Gasteiger partial charge on any atom is -0.480 e. The van der Waals surface area contributed by atoms with Crippen molar-refractivity contribution >= 4 is 12.0 Å². The number of hydrogen-bond donors (Lipinski definition) is 3. The summed E-state index contributed by atoms with van der Waals surface area (Å²) in [5.41, 5.74) is -1.33. The number of carboxylic acids is 1. The maximum absolute atomic E-state index is 11.6. The quantitative estimate of drug-likeness (QED) is 0.668. The monoisotopic (exact) mass is 242 g/mol. The van der Waals surface area contributed by atoms with E-state index in [0.29, 0.717) is 19.4 Å². The van der Waals surface area contributed by atoms with E-state index in [-0.39, 0.29) is 5.60 Å². The molecule has 0 radical (unpaired) electrons. The van der Waals surface area contributed by atoms with Crippen molar-refractivity contribution in [3.8, 4) is 0 Å². The molecule has 1 atom stereocenters. The summed E-state index contributed by atoms with van der Waals surface area (Å²) < 4.78 is 5.53. The number of rotatable bonds is 4. The summed E-state index contributed by atoms with van der Waals surface area (Å²) in [4.78, 5) is 22.4. The summed E-state index contributed by atoms with van der Waals surface area (Å²) in [6, 6.07) is -0.429. The van der Waals surface area contributed by atoms with Gasteiger partial charge >= 0.3 is 12.0 Å². The predicted octanol–water partition coefficient (Wildman–Crippen LogP) is 0.472. The van der Waals surface area contributed by atoms with Crippen LogP contribution in [-0.4, -0.2) is 41.4 Å². The van der Waals surface area contributed by atoms with Crippen LogP contribution in [0.15, 0.2) is 0 Å². The molecule has 6 heteroatoms. The van der Waals surface area contributed by atoms with Gasteiger partial charge in [0.25, 0.3) is 0 Å². The third kappa shape index (κ3) is 2.69. The normalized spacial score (nSPS) is 29.7. The van der Waals surface area contributed by atoms with Gasteiger partial charge in [0.15, 0.2) is 0 Å². The lowest BCUT2D eigenvalue weighted by atomic mass is 10.0. The molecular weight excluding hydrogens is 224 g/mol. The SMILES string of the molecule is CC1(CNC(=O)NC2(C(=O)O)CC2)CCCO1. The summed E-state index contributed by atoms with van der Waals surface area (Å²) >= 11 is 0. The summed E-state index contributed by atoms with van der Waals surface area (Å²) in [6.45, 7) is 3.08. The summed E-state index contributed by atoms with van der Waals surface area (Å²) in [7, 11) is 0. The summed E-state index contributed by atoms with van der Waals surface area (Å²) in [5.74, 6) is -0.962. The van der Waals surface area contributed by atoms with Gasteiger partial charge in [0, 0.05) is 13.2 Å². The van der Waals surface area contributed by atoms with Crippen molar-refractivity contribution in [2.75, 3.05) is 13.2 Å². The molecule has 1 aliphatic heterocycles. The molecule has 2 amide bonds. The fraction of sp³-hybridized carbons (Fsp3) is 0.818. The zero-order valence-electron chi connectivity index (χ0n) is 9.91. The Morgan fingerprint density at radius 2 is 2.06 bits per heavy atom. The first-order chi connectivity index (χ1) is 7.96. The first-order valence-corrected chi connectivity index (χ1v) is 5.89. The maximum atomic E-state index is 11.6. The van der Waals surface area contributed by atoms with Gasteiger partial charge < -0.3 is 20.5 Å². The van der Waals surface area contributed by atoms with E-state index in [2.05, 4.69) is 10.6 Å². The molecule has 3 N–H and O–H groups in total. The van der Waals surface area contributed by atoms with Crippen LogP contribution in [0, 0.1) is 0 Å². The van der Waals surface area contributed by atoms with Crippen LogP contribution >= 0.6 is 0 Å². The lowest BCUT2D eigenvalue weighted by molar-refractivity contribution is -0.140. The number of carbonyl (C=O) groups is 2. The van der Waals surface area contributed by atoms with Crippen LogP contribution in [0.1, 0.15) is 32.6 Å². The van der Waals surface area contributed by atoms with Crippen LogP contribution < -0.4 is 10.6 Å². The number of amides is 2. The number of carboxylic acid groups (broad SMARTS) is 1. The van der Waals surface area contributed by atoms with Crippen molar-refractivity contribution in [2.45, 2.75) is 43.7 Å². The van der Waals surface area contributed by atoms with Crippen LogP contribution in [0.4, 0.5) is 4.79 Å². The van der Waals surface area contributed by atoms with E-state index in [1.165, 1.54) is 0 Å². The fourth-order valence-electron chi connectivity index (χ4n) is 2.02. The van der Waals surface area contributed by atoms with Gasteiger partial charge in [-0.15, -0.1) is 0 Å². The standard InChI is InChI=1S/C11H18N2O4/c1-10(3-2-6-17-10)7-12-9(16)13-11(4-5-11)8(14)15/h2-7H2,1H3,(H,14,15)(H2,12,13,16). The third-order valence-electron chi connectivity index (χ3n) is 3.44. The zero-order valence-corrected chi connectivity index (χ0v) is 9.91. The third-order valence-corrected chi connectivity index (χ3v) is 3.44. The number of aliphatic carboxylic acids is 1. The second-order valence-electron chi connectivity index (χ2n) is 5.10. The van der Waals surface area contributed by atoms with E-state index in [0.717, 1.165) is 19.4 Å². The van der Waals surface area contributed by atoms with E-state index in [1.54, 1.807) is 0 Å². The highest BCUT2D eigenvalue weighted by molar-refractivity contribution is 5.88. The molecule has 17 heavy (non-hydrogen) atoms. The number of nitrogens with one attached hydrogen (secondary N) is 2. The lowest BCUT2D eigenvalue weighted by Gasteiger charge is -2.24. The molecule has 2 fully saturated rings. The van der Waals surface area contributed by atoms with Gasteiger partial charge in [0.2, 0.25) is 0 Å². The zero-order chi connectivity index (χ0) is 12.5. The molecule has 1 aliphatic carbocycles. The van der Waals surface area contributed by atoms with Gasteiger partial charge in [-0.25, -0.2) is 9.59 Å². The summed E-state index contributed by atoms with van der Waals surface area (Å²) in [5, 5.41) is 14.1. The average molecular weight is 242 g/mol. The number of hydrogen-bond acceptors (Lipinski definition) is 3. The molecule has 1 saturated carbocycles. The maximum Gasteiger partial charge on any atom is 0.329 e. The van der Waals surface area contributed by atoms with E-state index in [9.17, 15) is 9.59 Å². The van der Waals surface area contributed by atoms with Gasteiger partial charge in [-0.2, -0.15) is 0 Å². The first kappa shape index (κ1) is 12.2. The molecule has 0 aromatic rings. The number of urea groups is 1. The Morgan fingerprint density at radius 1 is 1.35 bits per heavy atom. The molecule has 1 unspecified atom stereocenters. The molecule has 96 valence electrons. The van der Waals surface area contributed by atoms with E-state index >= 15 is 0 Å². The predicted molar refractivity (Wildman–Crippen MR) is 59.7 cm³/mol. The van der Waals surface area contributed by atoms with Crippen LogP contribution in [0.5, 0.6) is 0 Å². The van der Waals surface area contributed by atoms with E-state index in [4.69, 9.17) is 9.84 Å². The Labute approximate surface area is 99.7 Å². The smallest absolute Gasteiger partial charge is 0.329 e. The Kier molecular flexibility index (Phi) is 2.99.